The maximum atomic E-state index is 6.27. The molecule has 0 unspecified atom stereocenters. The molecule has 0 atom stereocenters. The first-order chi connectivity index (χ1) is 55.5. The van der Waals surface area contributed by atoms with Crippen LogP contribution >= 0.6 is 0 Å². The van der Waals surface area contributed by atoms with Crippen molar-refractivity contribution in [3.63, 3.8) is 0 Å². The van der Waals surface area contributed by atoms with Crippen molar-refractivity contribution in [1.82, 2.24) is 39.0 Å². The maximum Gasteiger partial charge on any atom is 0.166 e. The summed E-state index contributed by atoms with van der Waals surface area (Å²) >= 11 is 0. The van der Waals surface area contributed by atoms with E-state index in [1.165, 1.54) is 21.7 Å². The van der Waals surface area contributed by atoms with E-state index in [4.69, 9.17) is 38.7 Å². The number of benzene rings is 16. The Balaban J connectivity index is 0.000000141. The molecule has 0 aliphatic rings. The van der Waals surface area contributed by atoms with Crippen molar-refractivity contribution >= 4 is 87.5 Å². The van der Waals surface area contributed by atoms with Crippen molar-refractivity contribution in [1.29, 1.82) is 0 Å². The molecule has 0 saturated heterocycles. The number of fused-ring (bicyclic) bond motifs is 12. The van der Waals surface area contributed by atoms with Crippen molar-refractivity contribution in [2.75, 3.05) is 0 Å². The van der Waals surface area contributed by atoms with Gasteiger partial charge in [-0.05, 0) is 142 Å². The Morgan fingerprint density at radius 2 is 0.482 bits per heavy atom. The van der Waals surface area contributed by atoms with E-state index in [0.717, 1.165) is 155 Å². The molecule has 0 spiro atoms. The summed E-state index contributed by atoms with van der Waals surface area (Å²) in [5, 5.41) is 9.28. The first kappa shape index (κ1) is 65.1. The van der Waals surface area contributed by atoms with Gasteiger partial charge in [0.15, 0.2) is 34.9 Å². The number of para-hydroxylation sites is 5. The Bertz CT molecular complexity index is 7300. The minimum absolute atomic E-state index is 0.610. The van der Waals surface area contributed by atoms with Crippen LogP contribution < -0.4 is 0 Å². The van der Waals surface area contributed by atoms with Crippen LogP contribution in [0.2, 0.25) is 0 Å². The molecule has 6 heterocycles. The van der Waals surface area contributed by atoms with Gasteiger partial charge in [0.05, 0.1) is 27.8 Å². The number of hydrogen-bond acceptors (Lipinski definition) is 8. The maximum absolute atomic E-state index is 6.27. The second-order valence-electron chi connectivity index (χ2n) is 28.1. The van der Waals surface area contributed by atoms with Gasteiger partial charge in [-0.3, -0.25) is 0 Å². The van der Waals surface area contributed by atoms with E-state index in [0.29, 0.717) is 34.9 Å². The van der Waals surface area contributed by atoms with E-state index < -0.39 is 0 Å². The summed E-state index contributed by atoms with van der Waals surface area (Å²) in [6.07, 6.45) is 0. The van der Waals surface area contributed by atoms with Gasteiger partial charge in [-0.1, -0.05) is 291 Å². The molecule has 112 heavy (non-hydrogen) atoms. The normalized spacial score (nSPS) is 11.6. The van der Waals surface area contributed by atoms with Crippen LogP contribution in [0.1, 0.15) is 0 Å². The molecule has 0 saturated carbocycles. The molecule has 22 rings (SSSR count). The molecule has 0 fully saturated rings. The summed E-state index contributed by atoms with van der Waals surface area (Å²) in [7, 11) is 0. The highest BCUT2D eigenvalue weighted by Crippen LogP contribution is 2.43. The van der Waals surface area contributed by atoms with Crippen LogP contribution in [0.25, 0.3) is 212 Å². The quantitative estimate of drug-likeness (QED) is 0.119. The first-order valence-corrected chi connectivity index (χ1v) is 37.5. The van der Waals surface area contributed by atoms with Crippen LogP contribution in [0.4, 0.5) is 0 Å². The number of rotatable bonds is 12. The molecule has 0 bridgehead atoms. The average Bonchev–Trinajstić information content (AvgIpc) is 1.57. The van der Waals surface area contributed by atoms with E-state index in [-0.39, 0.29) is 0 Å². The summed E-state index contributed by atoms with van der Waals surface area (Å²) in [6, 6.07) is 135. The fourth-order valence-corrected chi connectivity index (χ4v) is 15.9. The van der Waals surface area contributed by atoms with Gasteiger partial charge in [0.2, 0.25) is 0 Å². The minimum Gasteiger partial charge on any atom is -0.456 e. The Morgan fingerprint density at radius 1 is 0.170 bits per heavy atom. The molecular weight excluding hydrogens is 1370 g/mol. The van der Waals surface area contributed by atoms with Crippen LogP contribution in [0.15, 0.2) is 397 Å². The van der Waals surface area contributed by atoms with Gasteiger partial charge in [0.1, 0.15) is 22.3 Å². The molecule has 22 aromatic rings. The van der Waals surface area contributed by atoms with E-state index in [9.17, 15) is 0 Å². The second-order valence-corrected chi connectivity index (χ2v) is 28.1. The largest absolute Gasteiger partial charge is 0.456 e. The van der Waals surface area contributed by atoms with Gasteiger partial charge in [0, 0.05) is 82.2 Å². The van der Waals surface area contributed by atoms with Crippen LogP contribution in [-0.4, -0.2) is 39.0 Å². The van der Waals surface area contributed by atoms with Gasteiger partial charge in [0.25, 0.3) is 0 Å². The zero-order valence-electron chi connectivity index (χ0n) is 60.3. The molecule has 10 heteroatoms. The lowest BCUT2D eigenvalue weighted by Crippen LogP contribution is -2.03. The molecule has 0 radical (unpaired) electrons. The zero-order valence-corrected chi connectivity index (χ0v) is 60.3. The predicted octanol–water partition coefficient (Wildman–Crippen LogP) is 26.4. The zero-order chi connectivity index (χ0) is 74.0. The van der Waals surface area contributed by atoms with E-state index in [1.54, 1.807) is 0 Å². The molecule has 10 nitrogen and oxygen atoms in total. The predicted molar refractivity (Wildman–Crippen MR) is 457 cm³/mol. The van der Waals surface area contributed by atoms with Gasteiger partial charge < -0.3 is 18.0 Å². The highest BCUT2D eigenvalue weighted by Gasteiger charge is 2.23. The lowest BCUT2D eigenvalue weighted by atomic mass is 9.98. The average molecular weight is 1430 g/mol. The molecular formula is C102H64N8O2. The van der Waals surface area contributed by atoms with Crippen molar-refractivity contribution < 1.29 is 8.83 Å². The fraction of sp³-hybridized carbons (Fsp3) is 0. The number of hydrogen-bond donors (Lipinski definition) is 0. The van der Waals surface area contributed by atoms with Crippen LogP contribution in [0.3, 0.4) is 0 Å². The topological polar surface area (TPSA) is 113 Å². The van der Waals surface area contributed by atoms with Gasteiger partial charge in [-0.25, -0.2) is 29.9 Å². The van der Waals surface area contributed by atoms with E-state index >= 15 is 0 Å². The molecule has 0 N–H and O–H groups in total. The van der Waals surface area contributed by atoms with Crippen LogP contribution in [-0.2, 0) is 0 Å². The van der Waals surface area contributed by atoms with E-state index in [1.807, 2.05) is 127 Å². The Hall–Kier alpha value is -15.3. The monoisotopic (exact) mass is 1430 g/mol. The molecule has 6 aromatic heterocycles. The summed E-state index contributed by atoms with van der Waals surface area (Å²) in [5.74, 6) is 3.78. The Kier molecular flexibility index (Phi) is 16.0. The minimum atomic E-state index is 0.610. The first-order valence-electron chi connectivity index (χ1n) is 37.5. The third kappa shape index (κ3) is 11.7. The third-order valence-corrected chi connectivity index (χ3v) is 21.4. The smallest absolute Gasteiger partial charge is 0.166 e. The summed E-state index contributed by atoms with van der Waals surface area (Å²) in [6.45, 7) is 0. The van der Waals surface area contributed by atoms with Crippen molar-refractivity contribution in [3.8, 4) is 124 Å². The molecule has 0 aliphatic heterocycles. The summed E-state index contributed by atoms with van der Waals surface area (Å²) in [4.78, 5) is 30.3. The third-order valence-electron chi connectivity index (χ3n) is 21.4. The van der Waals surface area contributed by atoms with E-state index in [2.05, 4.69) is 270 Å². The van der Waals surface area contributed by atoms with Crippen LogP contribution in [0.5, 0.6) is 0 Å². The van der Waals surface area contributed by atoms with Crippen molar-refractivity contribution in [3.05, 3.63) is 388 Å². The molecule has 524 valence electrons. The number of aromatic nitrogens is 8. The highest BCUT2D eigenvalue weighted by atomic mass is 16.3. The summed E-state index contributed by atoms with van der Waals surface area (Å²) in [5.41, 5.74) is 24.8. The van der Waals surface area contributed by atoms with Crippen molar-refractivity contribution in [2.24, 2.45) is 0 Å². The molecule has 0 amide bonds. The van der Waals surface area contributed by atoms with Crippen LogP contribution in [0, 0.1) is 0 Å². The molecule has 16 aromatic carbocycles. The lowest BCUT2D eigenvalue weighted by Gasteiger charge is -2.15. The Labute approximate surface area is 643 Å². The second kappa shape index (κ2) is 27.5. The SMILES string of the molecule is c1ccc(-c2ccc(-c3nc(-c4ccccc4)nc(-c4ccccc4-n4c5ccccc5c5cc(-c6ccc7c(c6)oc6ccccc67)ccc54)n3)cc2)cc1.c1ccc(-c2nc(-c3ccccc3)nc(-c3ccccc3-c3ccc(-n4c5ccccc5c5cc(-c6ccc7c(c6)oc6ccccc67)ccc54)cc3)n2)cc1. The Morgan fingerprint density at radius 3 is 0.991 bits per heavy atom. The lowest BCUT2D eigenvalue weighted by molar-refractivity contribution is 0.668. The standard InChI is InChI=1S/2C51H32N4O/c1-3-13-33(14-4-1)34-23-25-36(26-24-34)50-52-49(35-15-5-2-6-16-35)53-51(54-50)42-19-8-11-21-45(42)55-44-20-10-7-17-39(44)43-31-37(28-30-46(43)55)38-27-29-41-40-18-9-12-22-47(40)56-48(41)32-38;1-3-13-34(14-4-1)49-52-50(35-15-5-2-6-16-35)54-51(53-49)43-20-8-7-17-39(43)33-23-27-38(28-24-33)55-45-21-11-9-18-40(45)44-31-36(26-30-46(44)55)37-25-29-42-41-19-10-12-22-47(41)56-48(42)32-37/h2*1-32H. The number of nitrogens with zero attached hydrogens (tertiary/aromatic N) is 8. The van der Waals surface area contributed by atoms with Gasteiger partial charge in [-0.15, -0.1) is 0 Å². The van der Waals surface area contributed by atoms with Crippen molar-refractivity contribution in [2.45, 2.75) is 0 Å². The summed E-state index contributed by atoms with van der Waals surface area (Å²) < 4.78 is 17.2. The van der Waals surface area contributed by atoms with Gasteiger partial charge >= 0.3 is 0 Å². The molecule has 0 aliphatic carbocycles. The van der Waals surface area contributed by atoms with Gasteiger partial charge in [-0.2, -0.15) is 0 Å². The number of furan rings is 2. The highest BCUT2D eigenvalue weighted by molar-refractivity contribution is 6.13. The fourth-order valence-electron chi connectivity index (χ4n) is 15.9.